The Labute approximate surface area is 330 Å². The molecule has 312 valence electrons. The first kappa shape index (κ1) is 45.6. The molecule has 1 aliphatic rings. The Morgan fingerprint density at radius 2 is 1.57 bits per heavy atom. The molecule has 0 aliphatic carbocycles. The van der Waals surface area contributed by atoms with E-state index in [1.165, 1.54) is 114 Å². The molecule has 4 heterocycles. The number of phosphoric ester groups is 1. The van der Waals surface area contributed by atoms with Crippen LogP contribution in [0.15, 0.2) is 30.9 Å². The van der Waals surface area contributed by atoms with Crippen LogP contribution in [-0.4, -0.2) is 90.0 Å². The van der Waals surface area contributed by atoms with Crippen molar-refractivity contribution in [3.63, 3.8) is 0 Å². The number of phosphoric acid groups is 1. The first-order valence-corrected chi connectivity index (χ1v) is 21.7. The summed E-state index contributed by atoms with van der Waals surface area (Å²) in [6.45, 7) is 3.33. The molecule has 56 heavy (non-hydrogen) atoms. The van der Waals surface area contributed by atoms with Gasteiger partial charge in [0.25, 0.3) is 0 Å². The lowest BCUT2D eigenvalue weighted by Gasteiger charge is -2.28. The van der Waals surface area contributed by atoms with E-state index in [1.54, 1.807) is 12.1 Å². The number of hydrogen-bond donors (Lipinski definition) is 4. The van der Waals surface area contributed by atoms with Crippen LogP contribution < -0.4 is 5.73 Å². The van der Waals surface area contributed by atoms with Gasteiger partial charge in [0.1, 0.15) is 47.9 Å². The zero-order chi connectivity index (χ0) is 40.2. The van der Waals surface area contributed by atoms with E-state index in [4.69, 9.17) is 34.3 Å². The van der Waals surface area contributed by atoms with Crippen molar-refractivity contribution in [3.05, 3.63) is 47.9 Å². The summed E-state index contributed by atoms with van der Waals surface area (Å²) in [4.78, 5) is 22.7. The third-order valence-corrected chi connectivity index (χ3v) is 11.1. The predicted octanol–water partition coefficient (Wildman–Crippen LogP) is 6.52. The van der Waals surface area contributed by atoms with Gasteiger partial charge in [0.05, 0.1) is 50.2 Å². The van der Waals surface area contributed by atoms with Crippen LogP contribution in [-0.2, 0) is 34.4 Å². The highest BCUT2D eigenvalue weighted by atomic mass is 31.2. The zero-order valence-corrected chi connectivity index (χ0v) is 33.9. The van der Waals surface area contributed by atoms with Crippen molar-refractivity contribution >= 4 is 19.2 Å². The Hall–Kier alpha value is -3.10. The smallest absolute Gasteiger partial charge is 0.387 e. The lowest BCUT2D eigenvalue weighted by Crippen LogP contribution is -2.44. The van der Waals surface area contributed by atoms with E-state index >= 15 is 0 Å². The van der Waals surface area contributed by atoms with E-state index in [2.05, 4.69) is 27.0 Å². The normalized spacial score (nSPS) is 21.3. The minimum Gasteiger partial charge on any atom is -0.387 e. The number of nitrogen functional groups attached to an aromatic ring is 1. The average molecular weight is 804 g/mol. The number of aliphatic hydroxyl groups is 2. The molecule has 0 radical (unpaired) electrons. The number of nitrogens with zero attached hydrogens (tertiary/aromatic N) is 6. The summed E-state index contributed by atoms with van der Waals surface area (Å²) in [5, 5.41) is 35.0. The number of nitriles is 1. The van der Waals surface area contributed by atoms with Gasteiger partial charge in [0, 0.05) is 6.61 Å². The SMILES string of the molecule is CCCCCCCCCCCCCCCCCCOCC(COP(=O)(O)OC[C@@]1(C)O[C@@H](c2ccc3c(N)ncnn23)[C@H](O)[C@@H]1O)OCc1cnc(C#N)cn1. The van der Waals surface area contributed by atoms with Gasteiger partial charge in [-0.15, -0.1) is 0 Å². The van der Waals surface area contributed by atoms with Gasteiger partial charge in [-0.05, 0) is 25.5 Å². The van der Waals surface area contributed by atoms with Gasteiger partial charge in [-0.2, -0.15) is 10.4 Å². The second-order valence-corrected chi connectivity index (χ2v) is 16.3. The molecule has 0 amide bonds. The number of aliphatic hydroxyl groups excluding tert-OH is 2. The number of nitrogens with two attached hydrogens (primary N) is 1. The number of unbranched alkanes of at least 4 members (excludes halogenated alkanes) is 15. The van der Waals surface area contributed by atoms with Crippen LogP contribution in [0.4, 0.5) is 5.82 Å². The molecule has 0 bridgehead atoms. The van der Waals surface area contributed by atoms with Crippen molar-refractivity contribution in [2.45, 2.75) is 153 Å². The Morgan fingerprint density at radius 1 is 0.929 bits per heavy atom. The van der Waals surface area contributed by atoms with Crippen molar-refractivity contribution in [1.29, 1.82) is 5.26 Å². The Balaban J connectivity index is 1.16. The summed E-state index contributed by atoms with van der Waals surface area (Å²) in [5.74, 6) is 0.224. The lowest BCUT2D eigenvalue weighted by molar-refractivity contribution is -0.102. The molecule has 0 spiro atoms. The average Bonchev–Trinajstić information content (AvgIpc) is 3.73. The molecule has 1 fully saturated rings. The first-order chi connectivity index (χ1) is 27.1. The summed E-state index contributed by atoms with van der Waals surface area (Å²) >= 11 is 0. The molecular weight excluding hydrogens is 741 g/mol. The fourth-order valence-corrected chi connectivity index (χ4v) is 7.57. The summed E-state index contributed by atoms with van der Waals surface area (Å²) in [6.07, 6.45) is 19.7. The minimum atomic E-state index is -4.71. The third-order valence-electron chi connectivity index (χ3n) is 10.1. The molecular formula is C39H62N7O9P. The third kappa shape index (κ3) is 14.7. The second kappa shape index (κ2) is 24.0. The molecule has 17 heteroatoms. The van der Waals surface area contributed by atoms with E-state index < -0.39 is 44.4 Å². The highest BCUT2D eigenvalue weighted by Gasteiger charge is 2.53. The van der Waals surface area contributed by atoms with E-state index in [9.17, 15) is 19.7 Å². The fraction of sp³-hybridized carbons (Fsp3) is 0.718. The van der Waals surface area contributed by atoms with Gasteiger partial charge >= 0.3 is 7.82 Å². The van der Waals surface area contributed by atoms with Gasteiger partial charge in [-0.25, -0.2) is 19.0 Å². The summed E-state index contributed by atoms with van der Waals surface area (Å²) in [6, 6.07) is 5.21. The molecule has 16 nitrogen and oxygen atoms in total. The maximum Gasteiger partial charge on any atom is 0.472 e. The summed E-state index contributed by atoms with van der Waals surface area (Å²) < 4.78 is 42.9. The van der Waals surface area contributed by atoms with E-state index in [0.717, 1.165) is 19.3 Å². The predicted molar refractivity (Wildman–Crippen MR) is 209 cm³/mol. The quantitative estimate of drug-likeness (QED) is 0.0432. The summed E-state index contributed by atoms with van der Waals surface area (Å²) in [7, 11) is -4.71. The Bertz CT molecular complexity index is 1660. The second-order valence-electron chi connectivity index (χ2n) is 14.8. The molecule has 1 aliphatic heterocycles. The summed E-state index contributed by atoms with van der Waals surface area (Å²) in [5.41, 5.74) is 5.85. The number of anilines is 1. The van der Waals surface area contributed by atoms with Gasteiger partial charge < -0.3 is 35.1 Å². The van der Waals surface area contributed by atoms with Gasteiger partial charge in [0.2, 0.25) is 0 Å². The maximum absolute atomic E-state index is 13.0. The lowest BCUT2D eigenvalue weighted by atomic mass is 9.97. The number of fused-ring (bicyclic) bond motifs is 1. The molecule has 4 rings (SSSR count). The van der Waals surface area contributed by atoms with Crippen LogP contribution in [0.1, 0.15) is 140 Å². The first-order valence-electron chi connectivity index (χ1n) is 20.2. The van der Waals surface area contributed by atoms with Gasteiger partial charge in [0.15, 0.2) is 11.5 Å². The van der Waals surface area contributed by atoms with Crippen LogP contribution in [0, 0.1) is 11.3 Å². The number of ether oxygens (including phenoxy) is 3. The van der Waals surface area contributed by atoms with Crippen molar-refractivity contribution in [1.82, 2.24) is 24.6 Å². The molecule has 1 saturated heterocycles. The number of aromatic nitrogens is 5. The van der Waals surface area contributed by atoms with Crippen LogP contribution >= 0.6 is 7.82 Å². The maximum atomic E-state index is 13.0. The van der Waals surface area contributed by atoms with Gasteiger partial charge in [-0.1, -0.05) is 103 Å². The topological polar surface area (TPSA) is 230 Å². The van der Waals surface area contributed by atoms with Crippen LogP contribution in [0.2, 0.25) is 0 Å². The molecule has 6 atom stereocenters. The van der Waals surface area contributed by atoms with Crippen molar-refractivity contribution < 1.29 is 42.9 Å². The molecule has 2 unspecified atom stereocenters. The largest absolute Gasteiger partial charge is 0.472 e. The Kier molecular flexibility index (Phi) is 19.5. The highest BCUT2D eigenvalue weighted by molar-refractivity contribution is 7.47. The molecule has 5 N–H and O–H groups in total. The van der Waals surface area contributed by atoms with E-state index in [1.807, 2.05) is 6.07 Å². The Morgan fingerprint density at radius 3 is 2.18 bits per heavy atom. The zero-order valence-electron chi connectivity index (χ0n) is 33.0. The van der Waals surface area contributed by atoms with Crippen LogP contribution in [0.25, 0.3) is 5.52 Å². The van der Waals surface area contributed by atoms with E-state index in [-0.39, 0.29) is 31.3 Å². The number of hydrogen-bond acceptors (Lipinski definition) is 14. The van der Waals surface area contributed by atoms with Crippen molar-refractivity contribution in [2.24, 2.45) is 0 Å². The molecule has 3 aromatic rings. The molecule has 0 saturated carbocycles. The monoisotopic (exact) mass is 803 g/mol. The highest BCUT2D eigenvalue weighted by Crippen LogP contribution is 2.47. The minimum absolute atomic E-state index is 0.00585. The fourth-order valence-electron chi connectivity index (χ4n) is 6.73. The standard InChI is InChI=1S/C39H62N7O9P/c1-3-4-5-6-7-8-9-10-11-12-13-14-15-16-17-18-21-51-26-32(52-25-31-24-42-30(22-40)23-43-31)27-53-56(49,50)54-28-39(2)37(48)35(47)36(55-39)33-19-20-34-38(41)44-29-45-46(33)34/h19-20,23-24,29,32,35-37,47-48H,3-18,21,25-28H2,1-2H3,(H,49,50)(H2,41,44,45)/t32?,35-,36-,37-,39+/m0/s1. The van der Waals surface area contributed by atoms with Crippen LogP contribution in [0.3, 0.4) is 0 Å². The van der Waals surface area contributed by atoms with Crippen molar-refractivity contribution in [2.75, 3.05) is 32.2 Å². The van der Waals surface area contributed by atoms with Gasteiger partial charge in [-0.3, -0.25) is 14.0 Å². The van der Waals surface area contributed by atoms with Crippen molar-refractivity contribution in [3.8, 4) is 6.07 Å². The number of rotatable bonds is 29. The van der Waals surface area contributed by atoms with E-state index in [0.29, 0.717) is 23.5 Å². The molecule has 0 aromatic carbocycles. The van der Waals surface area contributed by atoms with Crippen LogP contribution in [0.5, 0.6) is 0 Å². The molecule has 3 aromatic heterocycles.